The molecule has 0 radical (unpaired) electrons. The second-order valence-corrected chi connectivity index (χ2v) is 8.12. The van der Waals surface area contributed by atoms with E-state index in [-0.39, 0.29) is 18.0 Å². The summed E-state index contributed by atoms with van der Waals surface area (Å²) in [6.45, 7) is 1.68. The van der Waals surface area contributed by atoms with E-state index in [2.05, 4.69) is 20.4 Å². The number of rotatable bonds is 5. The molecule has 8 nitrogen and oxygen atoms in total. The Morgan fingerprint density at radius 2 is 1.81 bits per heavy atom. The summed E-state index contributed by atoms with van der Waals surface area (Å²) in [5.74, 6) is 0.495. The van der Waals surface area contributed by atoms with Crippen LogP contribution in [0.5, 0.6) is 0 Å². The number of para-hydroxylation sites is 1. The van der Waals surface area contributed by atoms with Crippen molar-refractivity contribution in [1.29, 1.82) is 0 Å². The number of benzene rings is 2. The maximum atomic E-state index is 13.1. The first-order valence-electron chi connectivity index (χ1n) is 9.83. The number of thiophene rings is 1. The van der Waals surface area contributed by atoms with Gasteiger partial charge in [0.1, 0.15) is 11.4 Å². The largest absolute Gasteiger partial charge is 0.333 e. The van der Waals surface area contributed by atoms with Crippen LogP contribution in [0.25, 0.3) is 32.4 Å². The van der Waals surface area contributed by atoms with Crippen molar-refractivity contribution < 1.29 is 9.32 Å². The molecule has 0 fully saturated rings. The quantitative estimate of drug-likeness (QED) is 0.438. The molecule has 3 aromatic heterocycles. The normalized spacial score (nSPS) is 11.0. The molecule has 1 N–H and O–H groups in total. The van der Waals surface area contributed by atoms with Gasteiger partial charge in [0.25, 0.3) is 11.4 Å². The molecule has 0 spiro atoms. The lowest BCUT2D eigenvalue weighted by Crippen LogP contribution is -2.27. The van der Waals surface area contributed by atoms with E-state index in [1.54, 1.807) is 12.1 Å². The van der Waals surface area contributed by atoms with Crippen molar-refractivity contribution in [3.05, 3.63) is 82.9 Å². The molecule has 0 bridgehead atoms. The van der Waals surface area contributed by atoms with E-state index in [0.717, 1.165) is 5.56 Å². The second kappa shape index (κ2) is 8.20. The lowest BCUT2D eigenvalue weighted by Gasteiger charge is -2.07. The Kier molecular flexibility index (Phi) is 5.08. The van der Waals surface area contributed by atoms with Gasteiger partial charge in [-0.15, -0.1) is 11.3 Å². The maximum Gasteiger partial charge on any atom is 0.268 e. The highest BCUT2D eigenvalue weighted by Gasteiger charge is 2.21. The zero-order valence-corrected chi connectivity index (χ0v) is 17.8. The lowest BCUT2D eigenvalue weighted by molar-refractivity contribution is -0.116. The highest BCUT2D eigenvalue weighted by atomic mass is 32.1. The van der Waals surface area contributed by atoms with Gasteiger partial charge >= 0.3 is 0 Å². The second-order valence-electron chi connectivity index (χ2n) is 7.12. The predicted molar refractivity (Wildman–Crippen MR) is 122 cm³/mol. The van der Waals surface area contributed by atoms with Gasteiger partial charge in [-0.3, -0.25) is 14.2 Å². The summed E-state index contributed by atoms with van der Waals surface area (Å²) in [5, 5.41) is 7.27. The molecule has 0 atom stereocenters. The van der Waals surface area contributed by atoms with Crippen LogP contribution >= 0.6 is 11.3 Å². The molecule has 3 heterocycles. The number of carbonyl (C=O) groups is 1. The Labute approximate surface area is 186 Å². The minimum atomic E-state index is -0.308. The molecule has 2 aromatic carbocycles. The number of carbonyl (C=O) groups excluding carboxylic acids is 1. The van der Waals surface area contributed by atoms with E-state index in [1.807, 2.05) is 55.5 Å². The fourth-order valence-corrected chi connectivity index (χ4v) is 4.43. The average molecular weight is 443 g/mol. The summed E-state index contributed by atoms with van der Waals surface area (Å²) >= 11 is 1.31. The van der Waals surface area contributed by atoms with Crippen molar-refractivity contribution in [1.82, 2.24) is 19.7 Å². The van der Waals surface area contributed by atoms with Gasteiger partial charge in [0.2, 0.25) is 11.7 Å². The molecule has 5 aromatic rings. The zero-order valence-electron chi connectivity index (χ0n) is 17.0. The number of anilines is 1. The van der Waals surface area contributed by atoms with E-state index < -0.39 is 0 Å². The smallest absolute Gasteiger partial charge is 0.268 e. The Morgan fingerprint density at radius 3 is 2.56 bits per heavy atom. The minimum absolute atomic E-state index is 0.139. The summed E-state index contributed by atoms with van der Waals surface area (Å²) in [6, 6.07) is 18.6. The SMILES string of the molecule is Cc1c(-c2nc(-c3ccccc3)no2)sc2ncn(CC(=O)Nc3ccccc3)c(=O)c12. The molecule has 0 saturated carbocycles. The number of aromatic nitrogens is 4. The molecule has 158 valence electrons. The fraction of sp³-hybridized carbons (Fsp3) is 0.0870. The van der Waals surface area contributed by atoms with Crippen LogP contribution in [-0.4, -0.2) is 25.6 Å². The standard InChI is InChI=1S/C23H17N5O3S/c1-14-18-22(32-19(14)21-26-20(27-31-21)15-8-4-2-5-9-15)24-13-28(23(18)30)12-17(29)25-16-10-6-3-7-11-16/h2-11,13H,12H2,1H3,(H,25,29). The van der Waals surface area contributed by atoms with Crippen molar-refractivity contribution in [2.24, 2.45) is 0 Å². The van der Waals surface area contributed by atoms with Gasteiger partial charge in [-0.25, -0.2) is 4.98 Å². The number of nitrogens with zero attached hydrogens (tertiary/aromatic N) is 4. The summed E-state index contributed by atoms with van der Waals surface area (Å²) in [4.78, 5) is 35.6. The first kappa shape index (κ1) is 19.8. The number of hydrogen-bond donors (Lipinski definition) is 1. The highest BCUT2D eigenvalue weighted by Crippen LogP contribution is 2.35. The van der Waals surface area contributed by atoms with Crippen LogP contribution in [0.3, 0.4) is 0 Å². The molecule has 32 heavy (non-hydrogen) atoms. The number of nitrogens with one attached hydrogen (secondary N) is 1. The molecule has 0 aliphatic carbocycles. The first-order valence-corrected chi connectivity index (χ1v) is 10.6. The van der Waals surface area contributed by atoms with Crippen molar-refractivity contribution >= 4 is 33.1 Å². The Bertz CT molecular complexity index is 1470. The number of amides is 1. The van der Waals surface area contributed by atoms with Gasteiger partial charge in [0.05, 0.1) is 16.6 Å². The van der Waals surface area contributed by atoms with Crippen LogP contribution in [0.15, 0.2) is 76.3 Å². The van der Waals surface area contributed by atoms with Crippen LogP contribution < -0.4 is 10.9 Å². The van der Waals surface area contributed by atoms with Crippen LogP contribution in [0, 0.1) is 6.92 Å². The zero-order chi connectivity index (χ0) is 22.1. The Morgan fingerprint density at radius 1 is 1.09 bits per heavy atom. The highest BCUT2D eigenvalue weighted by molar-refractivity contribution is 7.22. The number of fused-ring (bicyclic) bond motifs is 1. The molecule has 0 saturated heterocycles. The minimum Gasteiger partial charge on any atom is -0.333 e. The number of aryl methyl sites for hydroxylation is 1. The maximum absolute atomic E-state index is 13.1. The van der Waals surface area contributed by atoms with Crippen molar-refractivity contribution in [3.8, 4) is 22.2 Å². The molecule has 9 heteroatoms. The fourth-order valence-electron chi connectivity index (χ4n) is 3.37. The summed E-state index contributed by atoms with van der Waals surface area (Å²) in [6.07, 6.45) is 1.39. The van der Waals surface area contributed by atoms with E-state index >= 15 is 0 Å². The number of hydrogen-bond acceptors (Lipinski definition) is 7. The predicted octanol–water partition coefficient (Wildman–Crippen LogP) is 4.12. The molecule has 1 amide bonds. The molecule has 0 aliphatic rings. The van der Waals surface area contributed by atoms with Gasteiger partial charge < -0.3 is 9.84 Å². The monoisotopic (exact) mass is 443 g/mol. The van der Waals surface area contributed by atoms with Crippen LogP contribution in [0.2, 0.25) is 0 Å². The molecule has 0 aliphatic heterocycles. The van der Waals surface area contributed by atoms with Crippen molar-refractivity contribution in [2.75, 3.05) is 5.32 Å². The third-order valence-electron chi connectivity index (χ3n) is 4.94. The summed E-state index contributed by atoms with van der Waals surface area (Å²) < 4.78 is 6.76. The Hall–Kier alpha value is -4.11. The van der Waals surface area contributed by atoms with Crippen LogP contribution in [0.1, 0.15) is 5.56 Å². The molecule has 5 rings (SSSR count). The molecule has 0 unspecified atom stereocenters. The topological polar surface area (TPSA) is 103 Å². The van der Waals surface area contributed by atoms with Crippen molar-refractivity contribution in [2.45, 2.75) is 13.5 Å². The van der Waals surface area contributed by atoms with E-state index in [9.17, 15) is 9.59 Å². The molecular weight excluding hydrogens is 426 g/mol. The summed E-state index contributed by atoms with van der Waals surface area (Å²) in [5.41, 5.74) is 1.91. The summed E-state index contributed by atoms with van der Waals surface area (Å²) in [7, 11) is 0. The van der Waals surface area contributed by atoms with Crippen LogP contribution in [-0.2, 0) is 11.3 Å². The van der Waals surface area contributed by atoms with Gasteiger partial charge in [-0.2, -0.15) is 4.98 Å². The third kappa shape index (κ3) is 3.69. The van der Waals surface area contributed by atoms with Crippen LogP contribution in [0.4, 0.5) is 5.69 Å². The van der Waals surface area contributed by atoms with Crippen molar-refractivity contribution in [3.63, 3.8) is 0 Å². The van der Waals surface area contributed by atoms with E-state index in [0.29, 0.717) is 38.1 Å². The lowest BCUT2D eigenvalue weighted by atomic mass is 10.2. The Balaban J connectivity index is 1.46. The first-order chi connectivity index (χ1) is 15.6. The van der Waals surface area contributed by atoms with E-state index in [4.69, 9.17) is 4.52 Å². The molecular formula is C23H17N5O3S. The van der Waals surface area contributed by atoms with Gasteiger partial charge in [0.15, 0.2) is 0 Å². The van der Waals surface area contributed by atoms with Gasteiger partial charge in [0, 0.05) is 11.3 Å². The average Bonchev–Trinajstić information content (AvgIpc) is 3.42. The third-order valence-corrected chi connectivity index (χ3v) is 6.13. The van der Waals surface area contributed by atoms with Gasteiger partial charge in [-0.05, 0) is 24.6 Å². The van der Waals surface area contributed by atoms with E-state index in [1.165, 1.54) is 22.2 Å². The van der Waals surface area contributed by atoms with Gasteiger partial charge in [-0.1, -0.05) is 53.7 Å².